The number of halogens is 2. The van der Waals surface area contributed by atoms with Crippen LogP contribution in [0.25, 0.3) is 0 Å². The molecule has 0 atom stereocenters. The van der Waals surface area contributed by atoms with E-state index in [4.69, 9.17) is 17.3 Å². The van der Waals surface area contributed by atoms with Crippen LogP contribution in [0.5, 0.6) is 0 Å². The van der Waals surface area contributed by atoms with Gasteiger partial charge in [0.05, 0.1) is 11.4 Å². The second-order valence-corrected chi connectivity index (χ2v) is 4.96. The van der Waals surface area contributed by atoms with Crippen molar-refractivity contribution in [3.63, 3.8) is 0 Å². The smallest absolute Gasteiger partial charge is 0.255 e. The van der Waals surface area contributed by atoms with Crippen molar-refractivity contribution < 1.29 is 4.79 Å². The molecule has 0 saturated carbocycles. The van der Waals surface area contributed by atoms with Crippen LogP contribution < -0.4 is 11.1 Å². The Morgan fingerprint density at radius 2 is 2.21 bits per heavy atom. The molecule has 7 heteroatoms. The number of nitrogens with zero attached hydrogens (tertiary/aromatic N) is 2. The molecule has 0 aliphatic heterocycles. The number of nitrogens with two attached hydrogens (primary N) is 1. The summed E-state index contributed by atoms with van der Waals surface area (Å²) in [6.45, 7) is 0.278. The molecule has 2 rings (SSSR count). The topological polar surface area (TPSA) is 80.9 Å². The number of anilines is 1. The van der Waals surface area contributed by atoms with E-state index in [-0.39, 0.29) is 17.6 Å². The fourth-order valence-electron chi connectivity index (χ4n) is 1.44. The highest BCUT2D eigenvalue weighted by atomic mass is 79.9. The minimum Gasteiger partial charge on any atom is -0.325 e. The van der Waals surface area contributed by atoms with E-state index in [0.29, 0.717) is 16.9 Å². The molecule has 0 radical (unpaired) electrons. The van der Waals surface area contributed by atoms with Gasteiger partial charge in [0, 0.05) is 29.0 Å². The maximum Gasteiger partial charge on any atom is 0.255 e. The highest BCUT2D eigenvalue weighted by Gasteiger charge is 2.10. The molecule has 5 nitrogen and oxygen atoms in total. The first kappa shape index (κ1) is 13.9. The second-order valence-electron chi connectivity index (χ2n) is 3.69. The Morgan fingerprint density at radius 1 is 1.42 bits per heavy atom. The Bertz CT molecular complexity index is 620. The van der Waals surface area contributed by atoms with Crippen molar-refractivity contribution in [3.8, 4) is 0 Å². The van der Waals surface area contributed by atoms with E-state index in [9.17, 15) is 4.79 Å². The van der Waals surface area contributed by atoms with Crippen molar-refractivity contribution in [2.24, 2.45) is 5.73 Å². The molecule has 0 aromatic carbocycles. The number of carbonyl (C=O) groups excluding carboxylic acids is 1. The molecule has 0 unspecified atom stereocenters. The van der Waals surface area contributed by atoms with Crippen LogP contribution in [0.1, 0.15) is 16.1 Å². The molecule has 0 spiro atoms. The number of hydrogen-bond acceptors (Lipinski definition) is 4. The van der Waals surface area contributed by atoms with Crippen molar-refractivity contribution in [2.75, 3.05) is 5.32 Å². The minimum absolute atomic E-state index is 0.227. The zero-order valence-electron chi connectivity index (χ0n) is 9.73. The summed E-state index contributed by atoms with van der Waals surface area (Å²) in [4.78, 5) is 20.0. The average Bonchev–Trinajstić information content (AvgIpc) is 2.43. The van der Waals surface area contributed by atoms with Crippen LogP contribution in [0.15, 0.2) is 35.1 Å². The number of pyridine rings is 2. The van der Waals surface area contributed by atoms with Crippen molar-refractivity contribution in [1.82, 2.24) is 9.97 Å². The number of nitrogens with one attached hydrogen (secondary N) is 1. The summed E-state index contributed by atoms with van der Waals surface area (Å²) in [6.07, 6.45) is 3.09. The van der Waals surface area contributed by atoms with Crippen molar-refractivity contribution in [1.29, 1.82) is 0 Å². The summed E-state index contributed by atoms with van der Waals surface area (Å²) in [6, 6.07) is 4.92. The molecule has 19 heavy (non-hydrogen) atoms. The van der Waals surface area contributed by atoms with Crippen molar-refractivity contribution in [3.05, 3.63) is 51.5 Å². The predicted octanol–water partition coefficient (Wildman–Crippen LogP) is 2.60. The zero-order valence-corrected chi connectivity index (χ0v) is 12.1. The first-order chi connectivity index (χ1) is 9.10. The van der Waals surface area contributed by atoms with Gasteiger partial charge >= 0.3 is 0 Å². The summed E-state index contributed by atoms with van der Waals surface area (Å²) < 4.78 is 0.726. The number of hydrogen-bond donors (Lipinski definition) is 2. The fraction of sp³-hybridized carbons (Fsp3) is 0.0833. The molecule has 0 aliphatic rings. The average molecular weight is 342 g/mol. The zero-order chi connectivity index (χ0) is 13.8. The lowest BCUT2D eigenvalue weighted by atomic mass is 10.2. The Labute approximate surface area is 123 Å². The first-order valence-corrected chi connectivity index (χ1v) is 6.54. The lowest BCUT2D eigenvalue weighted by Crippen LogP contribution is -2.13. The summed E-state index contributed by atoms with van der Waals surface area (Å²) in [5, 5.41) is 2.91. The number of amides is 1. The van der Waals surface area contributed by atoms with Crippen molar-refractivity contribution in [2.45, 2.75) is 6.54 Å². The van der Waals surface area contributed by atoms with Gasteiger partial charge in [-0.25, -0.2) is 4.98 Å². The van der Waals surface area contributed by atoms with Crippen LogP contribution in [-0.2, 0) is 6.54 Å². The molecule has 2 aromatic rings. The summed E-state index contributed by atoms with van der Waals surface area (Å²) in [7, 11) is 0. The number of carbonyl (C=O) groups is 1. The molecular formula is C12H10BrClN4O. The lowest BCUT2D eigenvalue weighted by Gasteiger charge is -2.07. The standard InChI is InChI=1S/C12H10BrClN4O/c13-8-4-10(11(14)17-6-8)18-12(19)7-1-2-16-9(3-7)5-15/h1-4,6H,5,15H2,(H,18,19). The normalized spacial score (nSPS) is 10.3. The first-order valence-electron chi connectivity index (χ1n) is 5.37. The van der Waals surface area contributed by atoms with Crippen LogP contribution >= 0.6 is 27.5 Å². The van der Waals surface area contributed by atoms with Crippen LogP contribution in [0.3, 0.4) is 0 Å². The van der Waals surface area contributed by atoms with Crippen LogP contribution in [-0.4, -0.2) is 15.9 Å². The molecular weight excluding hydrogens is 332 g/mol. The van der Waals surface area contributed by atoms with Crippen LogP contribution in [0.2, 0.25) is 5.15 Å². The van der Waals surface area contributed by atoms with Gasteiger partial charge in [-0.15, -0.1) is 0 Å². The van der Waals surface area contributed by atoms with E-state index in [0.717, 1.165) is 4.47 Å². The fourth-order valence-corrected chi connectivity index (χ4v) is 1.92. The van der Waals surface area contributed by atoms with Crippen LogP contribution in [0.4, 0.5) is 5.69 Å². The molecule has 0 fully saturated rings. The van der Waals surface area contributed by atoms with Gasteiger partial charge in [-0.3, -0.25) is 9.78 Å². The Balaban J connectivity index is 2.22. The van der Waals surface area contributed by atoms with E-state index >= 15 is 0 Å². The van der Waals surface area contributed by atoms with Gasteiger partial charge in [0.25, 0.3) is 5.91 Å². The Hall–Kier alpha value is -1.50. The number of rotatable bonds is 3. The van der Waals surface area contributed by atoms with E-state index in [1.807, 2.05) is 0 Å². The Kier molecular flexibility index (Phi) is 4.47. The molecule has 98 valence electrons. The van der Waals surface area contributed by atoms with E-state index < -0.39 is 0 Å². The van der Waals surface area contributed by atoms with Gasteiger partial charge in [-0.1, -0.05) is 11.6 Å². The third-order valence-corrected chi connectivity index (χ3v) is 3.08. The highest BCUT2D eigenvalue weighted by Crippen LogP contribution is 2.23. The van der Waals surface area contributed by atoms with Gasteiger partial charge < -0.3 is 11.1 Å². The maximum absolute atomic E-state index is 12.1. The molecule has 2 heterocycles. The third kappa shape index (κ3) is 3.50. The molecule has 3 N–H and O–H groups in total. The SMILES string of the molecule is NCc1cc(C(=O)Nc2cc(Br)cnc2Cl)ccn1. The molecule has 0 aliphatic carbocycles. The monoisotopic (exact) mass is 340 g/mol. The van der Waals surface area contributed by atoms with Gasteiger partial charge in [0.2, 0.25) is 0 Å². The molecule has 1 amide bonds. The highest BCUT2D eigenvalue weighted by molar-refractivity contribution is 9.10. The lowest BCUT2D eigenvalue weighted by molar-refractivity contribution is 0.102. The number of aromatic nitrogens is 2. The van der Waals surface area contributed by atoms with Gasteiger partial charge in [-0.2, -0.15) is 0 Å². The van der Waals surface area contributed by atoms with Gasteiger partial charge in [0.1, 0.15) is 0 Å². The molecule has 0 saturated heterocycles. The predicted molar refractivity (Wildman–Crippen MR) is 77.0 cm³/mol. The molecule has 0 bridgehead atoms. The summed E-state index contributed by atoms with van der Waals surface area (Å²) in [5.74, 6) is -0.293. The van der Waals surface area contributed by atoms with Gasteiger partial charge in [0.15, 0.2) is 5.15 Å². The van der Waals surface area contributed by atoms with E-state index in [1.54, 1.807) is 24.4 Å². The third-order valence-electron chi connectivity index (χ3n) is 2.34. The second kappa shape index (κ2) is 6.10. The van der Waals surface area contributed by atoms with E-state index in [1.165, 1.54) is 6.20 Å². The largest absolute Gasteiger partial charge is 0.325 e. The van der Waals surface area contributed by atoms with Crippen LogP contribution in [0, 0.1) is 0 Å². The molecule has 2 aromatic heterocycles. The minimum atomic E-state index is -0.293. The van der Waals surface area contributed by atoms with Gasteiger partial charge in [-0.05, 0) is 34.1 Å². The van der Waals surface area contributed by atoms with Crippen molar-refractivity contribution >= 4 is 39.1 Å². The quantitative estimate of drug-likeness (QED) is 0.841. The van der Waals surface area contributed by atoms with E-state index in [2.05, 4.69) is 31.2 Å². The summed E-state index contributed by atoms with van der Waals surface area (Å²) >= 11 is 9.17. The summed E-state index contributed by atoms with van der Waals surface area (Å²) in [5.41, 5.74) is 7.03. The Morgan fingerprint density at radius 3 is 2.95 bits per heavy atom. The maximum atomic E-state index is 12.1.